The molecule has 0 amide bonds. The van der Waals surface area contributed by atoms with Crippen LogP contribution in [0.5, 0.6) is 0 Å². The number of hydrogen-bond acceptors (Lipinski definition) is 1. The Bertz CT molecular complexity index is 232. The van der Waals surface area contributed by atoms with Gasteiger partial charge in [-0.25, -0.2) is 0 Å². The van der Waals surface area contributed by atoms with Crippen molar-refractivity contribution in [2.24, 2.45) is 0 Å². The highest BCUT2D eigenvalue weighted by Crippen LogP contribution is 2.46. The quantitative estimate of drug-likeness (QED) is 0.495. The second kappa shape index (κ2) is 6.28. The van der Waals surface area contributed by atoms with Crippen LogP contribution < -0.4 is 0 Å². The molecule has 104 valence electrons. The van der Waals surface area contributed by atoms with Crippen LogP contribution >= 0.6 is 92.8 Å². The van der Waals surface area contributed by atoms with Crippen LogP contribution in [-0.2, 0) is 4.74 Å². The monoisotopic (exact) mass is 410 g/mol. The number of alkyl halides is 10. The summed E-state index contributed by atoms with van der Waals surface area (Å²) >= 11 is 41.9. The molecule has 11 heteroatoms. The van der Waals surface area contributed by atoms with Crippen molar-refractivity contribution < 1.29 is 13.5 Å². The highest BCUT2D eigenvalue weighted by molar-refractivity contribution is 6.68. The molecule has 0 spiro atoms. The molecule has 0 aromatic rings. The van der Waals surface area contributed by atoms with E-state index in [1.165, 1.54) is 0 Å². The van der Waals surface area contributed by atoms with Crippen LogP contribution in [0, 0.1) is 0 Å². The zero-order valence-corrected chi connectivity index (χ0v) is 13.6. The summed E-state index contributed by atoms with van der Waals surface area (Å²) in [5.74, 6) is 0. The summed E-state index contributed by atoms with van der Waals surface area (Å²) in [6.07, 6.45) is -1.96. The van der Waals surface area contributed by atoms with E-state index in [1.807, 2.05) is 0 Å². The van der Waals surface area contributed by atoms with Gasteiger partial charge in [0.25, 0.3) is 10.6 Å². The first kappa shape index (κ1) is 19.1. The smallest absolute Gasteiger partial charge is 0.283 e. The van der Waals surface area contributed by atoms with Gasteiger partial charge in [-0.1, -0.05) is 92.8 Å². The molecular weight excluding hydrogens is 410 g/mol. The molecule has 2 unspecified atom stereocenters. The third kappa shape index (κ3) is 11.6. The average molecular weight is 414 g/mol. The summed E-state index contributed by atoms with van der Waals surface area (Å²) in [5, 5.41) is -6.34. The van der Waals surface area contributed by atoms with E-state index < -0.39 is 31.1 Å². The van der Waals surface area contributed by atoms with Crippen molar-refractivity contribution in [3.8, 4) is 0 Å². The van der Waals surface area contributed by atoms with Gasteiger partial charge >= 0.3 is 0 Å². The van der Waals surface area contributed by atoms with E-state index in [9.17, 15) is 8.78 Å². The third-order valence-electron chi connectivity index (χ3n) is 1.11. The SMILES string of the molecule is FC(Cl)(CC(Cl)(Cl)Cl)OC(F)(Cl)CC(Cl)(Cl)Cl. The first-order valence-corrected chi connectivity index (χ1v) is 6.74. The Morgan fingerprint density at radius 2 is 0.882 bits per heavy atom. The first-order chi connectivity index (χ1) is 7.12. The Labute approximate surface area is 136 Å². The maximum atomic E-state index is 13.5. The van der Waals surface area contributed by atoms with Gasteiger partial charge < -0.3 is 0 Å². The third-order valence-corrected chi connectivity index (χ3v) is 2.33. The molecule has 2 atom stereocenters. The predicted molar refractivity (Wildman–Crippen MR) is 70.3 cm³/mol. The van der Waals surface area contributed by atoms with Gasteiger partial charge in [0.1, 0.15) is 0 Å². The van der Waals surface area contributed by atoms with E-state index in [0.29, 0.717) is 0 Å². The topological polar surface area (TPSA) is 9.23 Å². The first-order valence-electron chi connectivity index (χ1n) is 3.71. The van der Waals surface area contributed by atoms with Crippen molar-refractivity contribution in [2.75, 3.05) is 0 Å². The van der Waals surface area contributed by atoms with E-state index in [2.05, 4.69) is 4.74 Å². The molecule has 0 aliphatic carbocycles. The molecule has 0 heterocycles. The minimum absolute atomic E-state index is 0.982. The summed E-state index contributed by atoms with van der Waals surface area (Å²) in [4.78, 5) is 0. The standard InChI is InChI=1S/C6H4Cl8F2O/c7-3(8,9)1-5(13,15)17-6(14,16)2-4(10,11)12/h1-2H2. The molecular formula is C6H4Cl8F2O. The van der Waals surface area contributed by atoms with Crippen molar-refractivity contribution in [3.63, 3.8) is 0 Å². The van der Waals surface area contributed by atoms with Gasteiger partial charge in [0.05, 0.1) is 12.8 Å². The van der Waals surface area contributed by atoms with Crippen LogP contribution in [0.4, 0.5) is 8.78 Å². The van der Waals surface area contributed by atoms with Gasteiger partial charge in [0.15, 0.2) is 7.59 Å². The summed E-state index contributed by atoms with van der Waals surface area (Å²) < 4.78 is 26.8. The Morgan fingerprint density at radius 3 is 1.06 bits per heavy atom. The lowest BCUT2D eigenvalue weighted by Gasteiger charge is -2.29. The number of hydrogen-bond donors (Lipinski definition) is 0. The van der Waals surface area contributed by atoms with E-state index in [-0.39, 0.29) is 0 Å². The lowest BCUT2D eigenvalue weighted by molar-refractivity contribution is -0.195. The fraction of sp³-hybridized carbons (Fsp3) is 1.00. The van der Waals surface area contributed by atoms with Gasteiger partial charge in [0, 0.05) is 0 Å². The normalized spacial score (nSPS) is 20.8. The van der Waals surface area contributed by atoms with Crippen LogP contribution in [0.2, 0.25) is 0 Å². The molecule has 0 N–H and O–H groups in total. The van der Waals surface area contributed by atoms with Crippen molar-refractivity contribution in [2.45, 2.75) is 31.1 Å². The number of halogens is 10. The minimum Gasteiger partial charge on any atom is -0.283 e. The summed E-state index contributed by atoms with van der Waals surface area (Å²) in [5.41, 5.74) is 0. The molecule has 0 saturated heterocycles. The molecule has 0 rings (SSSR count). The summed E-state index contributed by atoms with van der Waals surface area (Å²) in [7, 11) is 0. The van der Waals surface area contributed by atoms with Crippen LogP contribution in [0.15, 0.2) is 0 Å². The zero-order valence-electron chi connectivity index (χ0n) is 7.60. The lowest BCUT2D eigenvalue weighted by Crippen LogP contribution is -2.36. The Kier molecular flexibility index (Phi) is 7.07. The van der Waals surface area contributed by atoms with Gasteiger partial charge in [-0.2, -0.15) is 8.78 Å². The average Bonchev–Trinajstić information content (AvgIpc) is 1.65. The maximum Gasteiger partial charge on any atom is 0.293 e. The van der Waals surface area contributed by atoms with E-state index >= 15 is 0 Å². The predicted octanol–water partition coefficient (Wildman–Crippen LogP) is 6.25. The van der Waals surface area contributed by atoms with Crippen LogP contribution in [0.3, 0.4) is 0 Å². The van der Waals surface area contributed by atoms with Gasteiger partial charge in [0.2, 0.25) is 0 Å². The Hall–Kier alpha value is 2.14. The van der Waals surface area contributed by atoms with Gasteiger partial charge in [-0.15, -0.1) is 0 Å². The van der Waals surface area contributed by atoms with Crippen LogP contribution in [-0.4, -0.2) is 18.2 Å². The number of ether oxygens (including phenoxy) is 1. The van der Waals surface area contributed by atoms with Gasteiger partial charge in [-0.05, 0) is 0 Å². The second-order valence-corrected chi connectivity index (χ2v) is 9.12. The van der Waals surface area contributed by atoms with Crippen LogP contribution in [0.25, 0.3) is 0 Å². The molecule has 17 heavy (non-hydrogen) atoms. The summed E-state index contributed by atoms with van der Waals surface area (Å²) in [6, 6.07) is 0. The summed E-state index contributed by atoms with van der Waals surface area (Å²) in [6.45, 7) is 0. The van der Waals surface area contributed by atoms with E-state index in [1.54, 1.807) is 0 Å². The highest BCUT2D eigenvalue weighted by Gasteiger charge is 2.48. The van der Waals surface area contributed by atoms with Crippen molar-refractivity contribution >= 4 is 92.8 Å². The fourth-order valence-corrected chi connectivity index (χ4v) is 2.88. The fourth-order valence-electron chi connectivity index (χ4n) is 0.757. The van der Waals surface area contributed by atoms with Crippen molar-refractivity contribution in [1.29, 1.82) is 0 Å². The molecule has 0 aliphatic rings. The Balaban J connectivity index is 4.59. The minimum atomic E-state index is -3.17. The van der Waals surface area contributed by atoms with Crippen molar-refractivity contribution in [3.05, 3.63) is 0 Å². The van der Waals surface area contributed by atoms with E-state index in [0.717, 1.165) is 0 Å². The molecule has 0 aromatic carbocycles. The second-order valence-electron chi connectivity index (χ2n) is 2.96. The molecule has 0 saturated carbocycles. The molecule has 0 fully saturated rings. The zero-order chi connectivity index (χ0) is 14.1. The largest absolute Gasteiger partial charge is 0.293 e. The molecule has 1 nitrogen and oxygen atoms in total. The lowest BCUT2D eigenvalue weighted by atomic mass is 10.4. The molecule has 0 radical (unpaired) electrons. The molecule has 0 aromatic heterocycles. The maximum absolute atomic E-state index is 13.5. The highest BCUT2D eigenvalue weighted by atomic mass is 35.6. The van der Waals surface area contributed by atoms with Crippen molar-refractivity contribution in [1.82, 2.24) is 0 Å². The molecule has 0 bridgehead atoms. The van der Waals surface area contributed by atoms with Gasteiger partial charge in [-0.3, -0.25) is 4.74 Å². The molecule has 0 aliphatic heterocycles. The van der Waals surface area contributed by atoms with Crippen LogP contribution in [0.1, 0.15) is 12.8 Å². The Morgan fingerprint density at radius 1 is 0.647 bits per heavy atom. The number of rotatable bonds is 4. The van der Waals surface area contributed by atoms with E-state index in [4.69, 9.17) is 92.8 Å².